The van der Waals surface area contributed by atoms with E-state index in [9.17, 15) is 0 Å². The average Bonchev–Trinajstić information content (AvgIpc) is 2.54. The Hall–Kier alpha value is -1.22. The van der Waals surface area contributed by atoms with Crippen molar-refractivity contribution < 1.29 is 14.2 Å². The van der Waals surface area contributed by atoms with Gasteiger partial charge in [0, 0.05) is 38.9 Å². The second-order valence-electron chi connectivity index (χ2n) is 4.76. The lowest BCUT2D eigenvalue weighted by Gasteiger charge is -2.23. The van der Waals surface area contributed by atoms with Gasteiger partial charge in [-0.2, -0.15) is 0 Å². The van der Waals surface area contributed by atoms with Crippen molar-refractivity contribution in [3.8, 4) is 11.5 Å². The maximum Gasteiger partial charge on any atom is 0.194 e. The molecule has 0 heterocycles. The number of halogens is 1. The Labute approximate surface area is 156 Å². The van der Waals surface area contributed by atoms with Crippen LogP contribution in [-0.4, -0.2) is 58.9 Å². The third-order valence-electron chi connectivity index (χ3n) is 3.16. The van der Waals surface area contributed by atoms with Gasteiger partial charge in [-0.05, 0) is 19.1 Å². The lowest BCUT2D eigenvalue weighted by Crippen LogP contribution is -2.38. The Morgan fingerprint density at radius 2 is 1.96 bits per heavy atom. The number of rotatable bonds is 8. The minimum atomic E-state index is 0. The summed E-state index contributed by atoms with van der Waals surface area (Å²) >= 11 is 0. The highest BCUT2D eigenvalue weighted by atomic mass is 127. The fourth-order valence-corrected chi connectivity index (χ4v) is 2.03. The molecule has 1 rings (SSSR count). The zero-order valence-corrected chi connectivity index (χ0v) is 16.9. The maximum absolute atomic E-state index is 5.44. The van der Waals surface area contributed by atoms with Crippen molar-refractivity contribution in [1.29, 1.82) is 0 Å². The Bertz CT molecular complexity index is 484. The molecule has 0 aliphatic rings. The van der Waals surface area contributed by atoms with Crippen LogP contribution in [0, 0.1) is 0 Å². The molecule has 0 saturated heterocycles. The fourth-order valence-electron chi connectivity index (χ4n) is 2.03. The predicted octanol–water partition coefficient (Wildman–Crippen LogP) is 2.37. The monoisotopic (exact) mass is 437 g/mol. The number of methoxy groups -OCH3 is 3. The van der Waals surface area contributed by atoms with Gasteiger partial charge in [-0.15, -0.1) is 24.0 Å². The number of aliphatic imine (C=N–C) groups is 1. The number of hydrogen-bond acceptors (Lipinski definition) is 4. The number of ether oxygens (including phenoxy) is 3. The molecule has 0 unspecified atom stereocenters. The topological polar surface area (TPSA) is 55.3 Å². The molecule has 0 aliphatic carbocycles. The van der Waals surface area contributed by atoms with Crippen LogP contribution in [0.25, 0.3) is 0 Å². The van der Waals surface area contributed by atoms with Gasteiger partial charge in [-0.3, -0.25) is 4.99 Å². The molecular weight excluding hydrogens is 409 g/mol. The first-order valence-corrected chi connectivity index (χ1v) is 7.35. The van der Waals surface area contributed by atoms with Gasteiger partial charge in [0.15, 0.2) is 5.96 Å². The van der Waals surface area contributed by atoms with Crippen LogP contribution in [0.3, 0.4) is 0 Å². The Morgan fingerprint density at radius 3 is 2.52 bits per heavy atom. The van der Waals surface area contributed by atoms with E-state index in [1.807, 2.05) is 32.2 Å². The van der Waals surface area contributed by atoms with Gasteiger partial charge < -0.3 is 24.4 Å². The first kappa shape index (κ1) is 21.8. The van der Waals surface area contributed by atoms with Crippen molar-refractivity contribution in [3.05, 3.63) is 23.8 Å². The van der Waals surface area contributed by atoms with Gasteiger partial charge in [0.25, 0.3) is 0 Å². The van der Waals surface area contributed by atoms with Crippen LogP contribution in [0.15, 0.2) is 23.2 Å². The molecule has 1 aromatic carbocycles. The number of nitrogens with one attached hydrogen (secondary N) is 1. The largest absolute Gasteiger partial charge is 0.497 e. The van der Waals surface area contributed by atoms with Gasteiger partial charge in [-0.1, -0.05) is 0 Å². The highest BCUT2D eigenvalue weighted by molar-refractivity contribution is 14.0. The van der Waals surface area contributed by atoms with Crippen molar-refractivity contribution in [2.75, 3.05) is 48.1 Å². The summed E-state index contributed by atoms with van der Waals surface area (Å²) in [6, 6.07) is 5.83. The summed E-state index contributed by atoms with van der Waals surface area (Å²) in [5, 5.41) is 3.28. The van der Waals surface area contributed by atoms with Crippen molar-refractivity contribution in [2.24, 2.45) is 4.99 Å². The van der Waals surface area contributed by atoms with Crippen LogP contribution in [0.2, 0.25) is 0 Å². The predicted molar refractivity (Wildman–Crippen MR) is 104 cm³/mol. The van der Waals surface area contributed by atoms with Crippen molar-refractivity contribution in [2.45, 2.75) is 13.5 Å². The molecule has 23 heavy (non-hydrogen) atoms. The smallest absolute Gasteiger partial charge is 0.194 e. The van der Waals surface area contributed by atoms with Crippen molar-refractivity contribution >= 4 is 29.9 Å². The Kier molecular flexibility index (Phi) is 11.6. The summed E-state index contributed by atoms with van der Waals surface area (Å²) in [7, 11) is 6.98. The lowest BCUT2D eigenvalue weighted by atomic mass is 10.2. The zero-order chi connectivity index (χ0) is 16.4. The minimum Gasteiger partial charge on any atom is -0.497 e. The molecule has 0 atom stereocenters. The number of nitrogens with zero attached hydrogens (tertiary/aromatic N) is 2. The van der Waals surface area contributed by atoms with Gasteiger partial charge in [0.2, 0.25) is 0 Å². The van der Waals surface area contributed by atoms with Crippen LogP contribution >= 0.6 is 24.0 Å². The van der Waals surface area contributed by atoms with Gasteiger partial charge in [0.1, 0.15) is 11.5 Å². The quantitative estimate of drug-likeness (QED) is 0.293. The number of guanidine groups is 1. The Morgan fingerprint density at radius 1 is 1.22 bits per heavy atom. The van der Waals surface area contributed by atoms with Gasteiger partial charge in [0.05, 0.1) is 27.4 Å². The maximum atomic E-state index is 5.44. The van der Waals surface area contributed by atoms with E-state index in [1.165, 1.54) is 0 Å². The van der Waals surface area contributed by atoms with Crippen molar-refractivity contribution in [1.82, 2.24) is 10.2 Å². The van der Waals surface area contributed by atoms with Gasteiger partial charge >= 0.3 is 0 Å². The van der Waals surface area contributed by atoms with Crippen LogP contribution in [0.5, 0.6) is 11.5 Å². The van der Waals surface area contributed by atoms with E-state index in [0.29, 0.717) is 19.7 Å². The van der Waals surface area contributed by atoms with E-state index in [0.717, 1.165) is 29.6 Å². The molecule has 0 radical (unpaired) electrons. The van der Waals surface area contributed by atoms with E-state index in [4.69, 9.17) is 14.2 Å². The zero-order valence-electron chi connectivity index (χ0n) is 14.6. The first-order valence-electron chi connectivity index (χ1n) is 7.35. The molecule has 132 valence electrons. The standard InChI is InChI=1S/C16H27N3O3.HI/c1-6-17-16(18-9-10-20-3)19(2)12-13-7-8-14(21-4)11-15(13)22-5;/h7-8,11H,6,9-10,12H2,1-5H3,(H,17,18);1H. The normalized spacial score (nSPS) is 10.7. The van der Waals surface area contributed by atoms with Crippen molar-refractivity contribution in [3.63, 3.8) is 0 Å². The highest BCUT2D eigenvalue weighted by Gasteiger charge is 2.11. The first-order chi connectivity index (χ1) is 10.7. The molecule has 0 aliphatic heterocycles. The molecule has 7 heteroatoms. The Balaban J connectivity index is 0.00000484. The second-order valence-corrected chi connectivity index (χ2v) is 4.76. The second kappa shape index (κ2) is 12.2. The minimum absolute atomic E-state index is 0. The summed E-state index contributed by atoms with van der Waals surface area (Å²) < 4.78 is 15.7. The molecular formula is C16H28IN3O3. The summed E-state index contributed by atoms with van der Waals surface area (Å²) in [5.41, 5.74) is 1.07. The SMILES string of the molecule is CCNC(=NCCOC)N(C)Cc1ccc(OC)cc1OC.I. The number of hydrogen-bond donors (Lipinski definition) is 1. The molecule has 1 N–H and O–H groups in total. The van der Waals surface area contributed by atoms with E-state index < -0.39 is 0 Å². The van der Waals surface area contributed by atoms with Crippen LogP contribution < -0.4 is 14.8 Å². The lowest BCUT2D eigenvalue weighted by molar-refractivity contribution is 0.207. The fraction of sp³-hybridized carbons (Fsp3) is 0.562. The molecule has 0 amide bonds. The summed E-state index contributed by atoms with van der Waals surface area (Å²) in [5.74, 6) is 2.43. The molecule has 0 spiro atoms. The molecule has 0 saturated carbocycles. The third kappa shape index (κ3) is 7.26. The van der Waals surface area contributed by atoms with Crippen LogP contribution in [0.1, 0.15) is 12.5 Å². The molecule has 6 nitrogen and oxygen atoms in total. The average molecular weight is 437 g/mol. The molecule has 0 bridgehead atoms. The molecule has 0 aromatic heterocycles. The highest BCUT2D eigenvalue weighted by Crippen LogP contribution is 2.25. The van der Waals surface area contributed by atoms with Gasteiger partial charge in [-0.25, -0.2) is 0 Å². The summed E-state index contributed by atoms with van der Waals surface area (Å²) in [6.45, 7) is 4.78. The third-order valence-corrected chi connectivity index (χ3v) is 3.16. The van der Waals surface area contributed by atoms with E-state index in [2.05, 4.69) is 15.2 Å². The van der Waals surface area contributed by atoms with E-state index in [1.54, 1.807) is 21.3 Å². The van der Waals surface area contributed by atoms with Crippen LogP contribution in [0.4, 0.5) is 0 Å². The van der Waals surface area contributed by atoms with E-state index in [-0.39, 0.29) is 24.0 Å². The van der Waals surface area contributed by atoms with Crippen LogP contribution in [-0.2, 0) is 11.3 Å². The molecule has 1 aromatic rings. The summed E-state index contributed by atoms with van der Waals surface area (Å²) in [4.78, 5) is 6.59. The van der Waals surface area contributed by atoms with E-state index >= 15 is 0 Å². The number of benzene rings is 1. The molecule has 0 fully saturated rings. The summed E-state index contributed by atoms with van der Waals surface area (Å²) in [6.07, 6.45) is 0.